The summed E-state index contributed by atoms with van der Waals surface area (Å²) >= 11 is 3.49. The van der Waals surface area contributed by atoms with E-state index < -0.39 is 0 Å². The zero-order valence-corrected chi connectivity index (χ0v) is 12.1. The lowest BCUT2D eigenvalue weighted by Gasteiger charge is -2.17. The molecular weight excluding hydrogens is 292 g/mol. The average Bonchev–Trinajstić information content (AvgIpc) is 3.12. The van der Waals surface area contributed by atoms with Gasteiger partial charge in [-0.15, -0.1) is 0 Å². The third kappa shape index (κ3) is 3.56. The molecule has 98 valence electrons. The maximum absolute atomic E-state index is 11.9. The van der Waals surface area contributed by atoms with Crippen LogP contribution in [0, 0.1) is 5.92 Å². The van der Waals surface area contributed by atoms with Crippen molar-refractivity contribution < 1.29 is 4.79 Å². The van der Waals surface area contributed by atoms with Crippen molar-refractivity contribution in [1.29, 1.82) is 0 Å². The molecule has 0 heterocycles. The van der Waals surface area contributed by atoms with Crippen molar-refractivity contribution in [3.8, 4) is 0 Å². The van der Waals surface area contributed by atoms with Gasteiger partial charge in [-0.05, 0) is 37.3 Å². The molecule has 1 saturated carbocycles. The first-order chi connectivity index (χ1) is 8.58. The summed E-state index contributed by atoms with van der Waals surface area (Å²) in [7, 11) is 0. The molecule has 1 amide bonds. The summed E-state index contributed by atoms with van der Waals surface area (Å²) in [6, 6.07) is 7.95. The quantitative estimate of drug-likeness (QED) is 0.878. The van der Waals surface area contributed by atoms with Crippen LogP contribution in [0.25, 0.3) is 0 Å². The Labute approximate surface area is 116 Å². The molecular formula is C14H19BrN2O. The zero-order chi connectivity index (χ0) is 13.1. The highest BCUT2D eigenvalue weighted by Gasteiger charge is 2.30. The third-order valence-corrected chi connectivity index (χ3v) is 4.12. The zero-order valence-electron chi connectivity index (χ0n) is 10.5. The van der Waals surface area contributed by atoms with Gasteiger partial charge in [-0.25, -0.2) is 0 Å². The second-order valence-electron chi connectivity index (χ2n) is 5.02. The van der Waals surface area contributed by atoms with E-state index in [-0.39, 0.29) is 18.0 Å². The molecule has 2 atom stereocenters. The van der Waals surface area contributed by atoms with Crippen molar-refractivity contribution in [2.75, 3.05) is 0 Å². The number of carbonyl (C=O) groups excluding carboxylic acids is 1. The Morgan fingerprint density at radius 2 is 2.17 bits per heavy atom. The van der Waals surface area contributed by atoms with Crippen molar-refractivity contribution in [1.82, 2.24) is 5.32 Å². The van der Waals surface area contributed by atoms with Gasteiger partial charge in [0.15, 0.2) is 0 Å². The van der Waals surface area contributed by atoms with E-state index in [2.05, 4.69) is 21.2 Å². The fourth-order valence-electron chi connectivity index (χ4n) is 2.11. The number of rotatable bonds is 5. The summed E-state index contributed by atoms with van der Waals surface area (Å²) in [4.78, 5) is 11.9. The van der Waals surface area contributed by atoms with Gasteiger partial charge in [0.2, 0.25) is 5.91 Å². The van der Waals surface area contributed by atoms with E-state index in [4.69, 9.17) is 5.73 Å². The summed E-state index contributed by atoms with van der Waals surface area (Å²) < 4.78 is 1.02. The molecule has 0 radical (unpaired) electrons. The molecule has 1 fully saturated rings. The molecule has 1 aliphatic rings. The Bertz CT molecular complexity index is 432. The summed E-state index contributed by atoms with van der Waals surface area (Å²) in [5.74, 6) is 0.604. The molecule has 1 aliphatic carbocycles. The number of hydrogen-bond donors (Lipinski definition) is 2. The summed E-state index contributed by atoms with van der Waals surface area (Å²) in [6.07, 6.45) is 2.78. The van der Waals surface area contributed by atoms with E-state index in [1.165, 1.54) is 12.8 Å². The van der Waals surface area contributed by atoms with E-state index in [1.807, 2.05) is 31.2 Å². The Kier molecular flexibility index (Phi) is 4.40. The van der Waals surface area contributed by atoms with E-state index in [9.17, 15) is 4.79 Å². The van der Waals surface area contributed by atoms with E-state index in [0.29, 0.717) is 12.3 Å². The van der Waals surface area contributed by atoms with Crippen molar-refractivity contribution in [2.45, 2.75) is 38.3 Å². The number of nitrogens with two attached hydrogens (primary N) is 1. The Balaban J connectivity index is 1.88. The molecule has 0 aromatic heterocycles. The maximum Gasteiger partial charge on any atom is 0.222 e. The first kappa shape index (κ1) is 13.6. The highest BCUT2D eigenvalue weighted by Crippen LogP contribution is 2.32. The Hall–Kier alpha value is -0.870. The lowest BCUT2D eigenvalue weighted by molar-refractivity contribution is -0.122. The van der Waals surface area contributed by atoms with Crippen LogP contribution in [0.15, 0.2) is 28.7 Å². The largest absolute Gasteiger partial charge is 0.349 e. The monoisotopic (exact) mass is 310 g/mol. The molecule has 2 rings (SSSR count). The van der Waals surface area contributed by atoms with E-state index in [1.54, 1.807) is 0 Å². The summed E-state index contributed by atoms with van der Waals surface area (Å²) in [5, 5.41) is 3.00. The highest BCUT2D eigenvalue weighted by atomic mass is 79.9. The molecule has 2 unspecified atom stereocenters. The van der Waals surface area contributed by atoms with Gasteiger partial charge >= 0.3 is 0 Å². The summed E-state index contributed by atoms with van der Waals surface area (Å²) in [6.45, 7) is 1.99. The minimum absolute atomic E-state index is 0.000483. The first-order valence-corrected chi connectivity index (χ1v) is 7.16. The minimum atomic E-state index is -0.000483. The van der Waals surface area contributed by atoms with Crippen LogP contribution >= 0.6 is 15.9 Å². The number of carbonyl (C=O) groups is 1. The standard InChI is InChI=1S/C14H19BrN2O/c1-9(11-4-2-3-5-12(11)15)17-14(18)8-13(16)10-6-7-10/h2-5,9-10,13H,6-8,16H2,1H3,(H,17,18). The Morgan fingerprint density at radius 1 is 1.50 bits per heavy atom. The third-order valence-electron chi connectivity index (χ3n) is 3.40. The van der Waals surface area contributed by atoms with Gasteiger partial charge in [-0.3, -0.25) is 4.79 Å². The normalized spacial score (nSPS) is 18.2. The lowest BCUT2D eigenvalue weighted by atomic mass is 10.1. The lowest BCUT2D eigenvalue weighted by Crippen LogP contribution is -2.34. The van der Waals surface area contributed by atoms with Gasteiger partial charge in [0.25, 0.3) is 0 Å². The number of halogens is 1. The molecule has 0 bridgehead atoms. The van der Waals surface area contributed by atoms with Crippen LogP contribution in [0.2, 0.25) is 0 Å². The van der Waals surface area contributed by atoms with Crippen molar-refractivity contribution >= 4 is 21.8 Å². The van der Waals surface area contributed by atoms with Crippen LogP contribution in [0.3, 0.4) is 0 Å². The molecule has 0 spiro atoms. The fraction of sp³-hybridized carbons (Fsp3) is 0.500. The predicted octanol–water partition coefficient (Wildman–Crippen LogP) is 2.75. The van der Waals surface area contributed by atoms with Crippen LogP contribution in [-0.2, 0) is 4.79 Å². The second-order valence-corrected chi connectivity index (χ2v) is 5.87. The average molecular weight is 311 g/mol. The summed E-state index contributed by atoms with van der Waals surface area (Å²) in [5.41, 5.74) is 7.04. The van der Waals surface area contributed by atoms with Gasteiger partial charge in [0.05, 0.1) is 6.04 Å². The smallest absolute Gasteiger partial charge is 0.222 e. The van der Waals surface area contributed by atoms with E-state index in [0.717, 1.165) is 10.0 Å². The van der Waals surface area contributed by atoms with Crippen LogP contribution in [-0.4, -0.2) is 11.9 Å². The van der Waals surface area contributed by atoms with Crippen molar-refractivity contribution in [2.24, 2.45) is 11.7 Å². The highest BCUT2D eigenvalue weighted by molar-refractivity contribution is 9.10. The van der Waals surface area contributed by atoms with Crippen LogP contribution < -0.4 is 11.1 Å². The van der Waals surface area contributed by atoms with Gasteiger partial charge < -0.3 is 11.1 Å². The van der Waals surface area contributed by atoms with Crippen LogP contribution in [0.5, 0.6) is 0 Å². The van der Waals surface area contributed by atoms with E-state index >= 15 is 0 Å². The number of nitrogens with one attached hydrogen (secondary N) is 1. The fourth-order valence-corrected chi connectivity index (χ4v) is 2.74. The number of hydrogen-bond acceptors (Lipinski definition) is 2. The molecule has 1 aromatic rings. The topological polar surface area (TPSA) is 55.1 Å². The molecule has 4 heteroatoms. The first-order valence-electron chi connectivity index (χ1n) is 6.37. The van der Waals surface area contributed by atoms with Gasteiger partial charge in [0, 0.05) is 16.9 Å². The number of amides is 1. The number of benzene rings is 1. The van der Waals surface area contributed by atoms with Gasteiger partial charge in [-0.1, -0.05) is 34.1 Å². The molecule has 18 heavy (non-hydrogen) atoms. The predicted molar refractivity (Wildman–Crippen MR) is 76.0 cm³/mol. The van der Waals surface area contributed by atoms with Crippen LogP contribution in [0.4, 0.5) is 0 Å². The molecule has 3 N–H and O–H groups in total. The Morgan fingerprint density at radius 3 is 2.78 bits per heavy atom. The van der Waals surface area contributed by atoms with Crippen molar-refractivity contribution in [3.05, 3.63) is 34.3 Å². The molecule has 0 aliphatic heterocycles. The maximum atomic E-state index is 11.9. The van der Waals surface area contributed by atoms with Gasteiger partial charge in [0.1, 0.15) is 0 Å². The molecule has 3 nitrogen and oxygen atoms in total. The van der Waals surface area contributed by atoms with Gasteiger partial charge in [-0.2, -0.15) is 0 Å². The molecule has 0 saturated heterocycles. The van der Waals surface area contributed by atoms with Crippen molar-refractivity contribution in [3.63, 3.8) is 0 Å². The minimum Gasteiger partial charge on any atom is -0.349 e. The SMILES string of the molecule is CC(NC(=O)CC(N)C1CC1)c1ccccc1Br. The van der Waals surface area contributed by atoms with Crippen LogP contribution in [0.1, 0.15) is 37.8 Å². The molecule has 1 aromatic carbocycles. The second kappa shape index (κ2) is 5.85.